The highest BCUT2D eigenvalue weighted by atomic mass is 16.1. The molecule has 0 heterocycles. The fourth-order valence-electron chi connectivity index (χ4n) is 0.982. The van der Waals surface area contributed by atoms with E-state index in [1.807, 2.05) is 18.2 Å². The third kappa shape index (κ3) is 1.26. The summed E-state index contributed by atoms with van der Waals surface area (Å²) in [7, 11) is 0. The first-order valence-corrected chi connectivity index (χ1v) is 3.42. The van der Waals surface area contributed by atoms with E-state index in [9.17, 15) is 4.79 Å². The molecular weight excluding hydrogens is 126 g/mol. The number of hydrogen-bond donors (Lipinski definition) is 1. The van der Waals surface area contributed by atoms with Crippen molar-refractivity contribution in [1.82, 2.24) is 0 Å². The van der Waals surface area contributed by atoms with Gasteiger partial charge in [-0.05, 0) is 6.42 Å². The SMILES string of the molecule is CCC1=CC(C(N)=O)C=C1. The van der Waals surface area contributed by atoms with Crippen LogP contribution in [0.15, 0.2) is 23.8 Å². The maximum atomic E-state index is 10.6. The summed E-state index contributed by atoms with van der Waals surface area (Å²) in [6, 6.07) is 0. The Hall–Kier alpha value is -1.05. The fourth-order valence-corrected chi connectivity index (χ4v) is 0.982. The molecule has 54 valence electrons. The van der Waals surface area contributed by atoms with Crippen LogP contribution in [-0.4, -0.2) is 5.91 Å². The zero-order chi connectivity index (χ0) is 7.56. The van der Waals surface area contributed by atoms with Crippen molar-refractivity contribution in [3.05, 3.63) is 23.8 Å². The smallest absolute Gasteiger partial charge is 0.228 e. The van der Waals surface area contributed by atoms with Crippen LogP contribution in [0.2, 0.25) is 0 Å². The molecular formula is C8H11NO. The number of rotatable bonds is 2. The second-order valence-corrected chi connectivity index (χ2v) is 2.38. The molecule has 0 radical (unpaired) electrons. The summed E-state index contributed by atoms with van der Waals surface area (Å²) >= 11 is 0. The predicted molar refractivity (Wildman–Crippen MR) is 40.2 cm³/mol. The molecule has 1 amide bonds. The maximum Gasteiger partial charge on any atom is 0.228 e. The van der Waals surface area contributed by atoms with Crippen molar-refractivity contribution in [1.29, 1.82) is 0 Å². The lowest BCUT2D eigenvalue weighted by atomic mass is 10.1. The van der Waals surface area contributed by atoms with Crippen LogP contribution in [0.4, 0.5) is 0 Å². The zero-order valence-electron chi connectivity index (χ0n) is 6.00. The normalized spacial score (nSPS) is 22.9. The van der Waals surface area contributed by atoms with Crippen LogP contribution >= 0.6 is 0 Å². The Labute approximate surface area is 60.4 Å². The molecule has 0 aromatic heterocycles. The highest BCUT2D eigenvalue weighted by Crippen LogP contribution is 2.17. The number of carbonyl (C=O) groups excluding carboxylic acids is 1. The number of amides is 1. The van der Waals surface area contributed by atoms with Gasteiger partial charge in [0.15, 0.2) is 0 Å². The first-order valence-electron chi connectivity index (χ1n) is 3.42. The molecule has 1 rings (SSSR count). The van der Waals surface area contributed by atoms with Crippen LogP contribution in [0.5, 0.6) is 0 Å². The molecule has 1 aliphatic carbocycles. The summed E-state index contributed by atoms with van der Waals surface area (Å²) in [4.78, 5) is 10.6. The minimum atomic E-state index is -0.264. The molecule has 0 aliphatic heterocycles. The van der Waals surface area contributed by atoms with Gasteiger partial charge in [0, 0.05) is 0 Å². The third-order valence-electron chi connectivity index (χ3n) is 1.65. The highest BCUT2D eigenvalue weighted by molar-refractivity contribution is 5.81. The van der Waals surface area contributed by atoms with E-state index >= 15 is 0 Å². The lowest BCUT2D eigenvalue weighted by Crippen LogP contribution is -2.18. The van der Waals surface area contributed by atoms with E-state index in [-0.39, 0.29) is 11.8 Å². The predicted octanol–water partition coefficient (Wildman–Crippen LogP) is 0.994. The lowest BCUT2D eigenvalue weighted by Gasteiger charge is -1.95. The van der Waals surface area contributed by atoms with Crippen molar-refractivity contribution in [3.63, 3.8) is 0 Å². The number of nitrogens with two attached hydrogens (primary N) is 1. The second kappa shape index (κ2) is 2.69. The number of primary amides is 1. The molecule has 0 fully saturated rings. The largest absolute Gasteiger partial charge is 0.369 e. The van der Waals surface area contributed by atoms with E-state index in [1.54, 1.807) is 0 Å². The summed E-state index contributed by atoms with van der Waals surface area (Å²) < 4.78 is 0. The van der Waals surface area contributed by atoms with Gasteiger partial charge >= 0.3 is 0 Å². The van der Waals surface area contributed by atoms with Gasteiger partial charge in [0.1, 0.15) is 0 Å². The quantitative estimate of drug-likeness (QED) is 0.606. The first kappa shape index (κ1) is 7.06. The molecule has 2 nitrogen and oxygen atoms in total. The summed E-state index contributed by atoms with van der Waals surface area (Å²) in [5.41, 5.74) is 6.28. The Bertz CT molecular complexity index is 203. The number of allylic oxidation sites excluding steroid dienone is 2. The molecule has 1 aliphatic rings. The Morgan fingerprint density at radius 3 is 2.80 bits per heavy atom. The van der Waals surface area contributed by atoms with E-state index in [0.717, 1.165) is 6.42 Å². The summed E-state index contributed by atoms with van der Waals surface area (Å²) in [5, 5.41) is 0. The van der Waals surface area contributed by atoms with Gasteiger partial charge in [-0.2, -0.15) is 0 Å². The molecule has 1 atom stereocenters. The Balaban J connectivity index is 2.65. The standard InChI is InChI=1S/C8H11NO/c1-2-6-3-4-7(5-6)8(9)10/h3-5,7H,2H2,1H3,(H2,9,10). The van der Waals surface area contributed by atoms with Crippen molar-refractivity contribution in [2.45, 2.75) is 13.3 Å². The van der Waals surface area contributed by atoms with E-state index in [1.165, 1.54) is 5.57 Å². The topological polar surface area (TPSA) is 43.1 Å². The van der Waals surface area contributed by atoms with Crippen molar-refractivity contribution >= 4 is 5.91 Å². The molecule has 0 saturated carbocycles. The van der Waals surface area contributed by atoms with Crippen LogP contribution in [0, 0.1) is 5.92 Å². The van der Waals surface area contributed by atoms with Gasteiger partial charge in [-0.1, -0.05) is 30.7 Å². The highest BCUT2D eigenvalue weighted by Gasteiger charge is 2.12. The van der Waals surface area contributed by atoms with Crippen molar-refractivity contribution in [2.24, 2.45) is 11.7 Å². The van der Waals surface area contributed by atoms with E-state index in [4.69, 9.17) is 5.73 Å². The minimum absolute atomic E-state index is 0.157. The average Bonchev–Trinajstić information content (AvgIpc) is 2.34. The Morgan fingerprint density at radius 2 is 2.50 bits per heavy atom. The third-order valence-corrected chi connectivity index (χ3v) is 1.65. The van der Waals surface area contributed by atoms with E-state index in [0.29, 0.717) is 0 Å². The average molecular weight is 137 g/mol. The molecule has 2 heteroatoms. The second-order valence-electron chi connectivity index (χ2n) is 2.38. The van der Waals surface area contributed by atoms with Crippen LogP contribution in [-0.2, 0) is 4.79 Å². The molecule has 0 bridgehead atoms. The molecule has 2 N–H and O–H groups in total. The zero-order valence-corrected chi connectivity index (χ0v) is 6.00. The summed E-state index contributed by atoms with van der Waals surface area (Å²) in [6.45, 7) is 2.06. The van der Waals surface area contributed by atoms with Gasteiger partial charge in [0.2, 0.25) is 5.91 Å². The minimum Gasteiger partial charge on any atom is -0.369 e. The van der Waals surface area contributed by atoms with Gasteiger partial charge in [-0.3, -0.25) is 4.79 Å². The Kier molecular flexibility index (Phi) is 1.90. The van der Waals surface area contributed by atoms with Gasteiger partial charge in [0.05, 0.1) is 5.92 Å². The molecule has 0 spiro atoms. The molecule has 0 saturated heterocycles. The van der Waals surface area contributed by atoms with Gasteiger partial charge in [-0.15, -0.1) is 0 Å². The van der Waals surface area contributed by atoms with Crippen LogP contribution in [0.1, 0.15) is 13.3 Å². The summed E-state index contributed by atoms with van der Waals surface area (Å²) in [5.74, 6) is -0.422. The van der Waals surface area contributed by atoms with Crippen molar-refractivity contribution in [2.75, 3.05) is 0 Å². The van der Waals surface area contributed by atoms with Crippen LogP contribution < -0.4 is 5.73 Å². The van der Waals surface area contributed by atoms with Crippen molar-refractivity contribution < 1.29 is 4.79 Å². The number of hydrogen-bond acceptors (Lipinski definition) is 1. The maximum absolute atomic E-state index is 10.6. The lowest BCUT2D eigenvalue weighted by molar-refractivity contribution is -0.119. The van der Waals surface area contributed by atoms with Crippen LogP contribution in [0.25, 0.3) is 0 Å². The van der Waals surface area contributed by atoms with E-state index < -0.39 is 0 Å². The van der Waals surface area contributed by atoms with Gasteiger partial charge in [-0.25, -0.2) is 0 Å². The van der Waals surface area contributed by atoms with Crippen molar-refractivity contribution in [3.8, 4) is 0 Å². The first-order chi connectivity index (χ1) is 4.74. The number of carbonyl (C=O) groups is 1. The van der Waals surface area contributed by atoms with Gasteiger partial charge < -0.3 is 5.73 Å². The molecule has 0 aromatic carbocycles. The fraction of sp³-hybridized carbons (Fsp3) is 0.375. The summed E-state index contributed by atoms with van der Waals surface area (Å²) in [6.07, 6.45) is 6.67. The molecule has 0 aromatic rings. The van der Waals surface area contributed by atoms with E-state index in [2.05, 4.69) is 6.92 Å². The molecule has 1 unspecified atom stereocenters. The van der Waals surface area contributed by atoms with Crippen LogP contribution in [0.3, 0.4) is 0 Å². The Morgan fingerprint density at radius 1 is 1.80 bits per heavy atom. The van der Waals surface area contributed by atoms with Gasteiger partial charge in [0.25, 0.3) is 0 Å². The molecule has 10 heavy (non-hydrogen) atoms. The monoisotopic (exact) mass is 137 g/mol.